The van der Waals surface area contributed by atoms with Crippen LogP contribution in [0.3, 0.4) is 0 Å². The number of halogens is 1. The molecule has 1 saturated heterocycles. The molecule has 0 spiro atoms. The summed E-state index contributed by atoms with van der Waals surface area (Å²) in [7, 11) is -2.85. The average molecular weight is 380 g/mol. The number of nitrogens with zero attached hydrogens (tertiary/aromatic N) is 3. The van der Waals surface area contributed by atoms with E-state index in [1.165, 1.54) is 0 Å². The van der Waals surface area contributed by atoms with Crippen molar-refractivity contribution in [3.05, 3.63) is 35.0 Å². The fourth-order valence-corrected chi connectivity index (χ4v) is 4.28. The van der Waals surface area contributed by atoms with Crippen molar-refractivity contribution in [2.24, 2.45) is 0 Å². The van der Waals surface area contributed by atoms with E-state index >= 15 is 0 Å². The maximum atomic E-state index is 11.4. The molecule has 2 heterocycles. The second-order valence-corrected chi connectivity index (χ2v) is 8.68. The molecule has 25 heavy (non-hydrogen) atoms. The maximum absolute atomic E-state index is 11.4. The molecule has 8 heteroatoms. The number of rotatable bonds is 5. The van der Waals surface area contributed by atoms with E-state index < -0.39 is 9.84 Å². The van der Waals surface area contributed by atoms with Crippen molar-refractivity contribution in [2.75, 3.05) is 37.7 Å². The minimum Gasteiger partial charge on any atom is -0.492 e. The summed E-state index contributed by atoms with van der Waals surface area (Å²) in [4.78, 5) is 6.38. The van der Waals surface area contributed by atoms with E-state index in [-0.39, 0.29) is 11.5 Å². The van der Waals surface area contributed by atoms with Gasteiger partial charge in [-0.05, 0) is 18.6 Å². The number of hydrogen-bond acceptors (Lipinski definition) is 6. The van der Waals surface area contributed by atoms with Crippen LogP contribution in [0.25, 0.3) is 10.9 Å². The molecule has 0 N–H and O–H groups in total. The molecule has 1 aromatic heterocycles. The third-order valence-electron chi connectivity index (χ3n) is 4.22. The average Bonchev–Trinajstić information content (AvgIpc) is 2.59. The largest absolute Gasteiger partial charge is 0.492 e. The molecule has 0 saturated carbocycles. The molecule has 1 aliphatic heterocycles. The zero-order chi connectivity index (χ0) is 17.9. The van der Waals surface area contributed by atoms with Gasteiger partial charge in [0, 0.05) is 37.3 Å². The molecular weight excluding hydrogens is 362 g/mol. The Kier molecular flexibility index (Phi) is 5.42. The van der Waals surface area contributed by atoms with Crippen LogP contribution in [0.4, 0.5) is 0 Å². The van der Waals surface area contributed by atoms with Crippen LogP contribution >= 0.6 is 11.6 Å². The first kappa shape index (κ1) is 17.9. The van der Waals surface area contributed by atoms with Crippen molar-refractivity contribution in [1.82, 2.24) is 9.88 Å². The number of benzene rings is 1. The number of nitriles is 1. The predicted molar refractivity (Wildman–Crippen MR) is 96.7 cm³/mol. The third-order valence-corrected chi connectivity index (χ3v) is 6.16. The zero-order valence-corrected chi connectivity index (χ0v) is 15.2. The van der Waals surface area contributed by atoms with Crippen LogP contribution in [0, 0.1) is 11.3 Å². The quantitative estimate of drug-likeness (QED) is 0.741. The molecule has 0 bridgehead atoms. The van der Waals surface area contributed by atoms with Crippen LogP contribution in [0.15, 0.2) is 24.4 Å². The van der Waals surface area contributed by atoms with Gasteiger partial charge < -0.3 is 9.64 Å². The van der Waals surface area contributed by atoms with E-state index in [4.69, 9.17) is 16.3 Å². The highest BCUT2D eigenvalue weighted by Crippen LogP contribution is 2.28. The summed E-state index contributed by atoms with van der Waals surface area (Å²) in [6, 6.07) is 7.23. The lowest BCUT2D eigenvalue weighted by molar-refractivity contribution is 0.245. The van der Waals surface area contributed by atoms with Gasteiger partial charge in [-0.15, -0.1) is 0 Å². The summed E-state index contributed by atoms with van der Waals surface area (Å²) in [6.45, 7) is 2.37. The Labute approximate surface area is 151 Å². The van der Waals surface area contributed by atoms with Crippen molar-refractivity contribution in [2.45, 2.75) is 6.42 Å². The Morgan fingerprint density at radius 2 is 2.08 bits per heavy atom. The van der Waals surface area contributed by atoms with Gasteiger partial charge in [0.25, 0.3) is 0 Å². The molecule has 0 radical (unpaired) electrons. The number of ether oxygens (including phenoxy) is 1. The summed E-state index contributed by atoms with van der Waals surface area (Å²) in [5, 5.41) is 10.6. The van der Waals surface area contributed by atoms with E-state index in [1.807, 2.05) is 0 Å². The fraction of sp³-hybridized carbons (Fsp3) is 0.412. The fourth-order valence-electron chi connectivity index (χ4n) is 2.79. The molecule has 0 aliphatic carbocycles. The van der Waals surface area contributed by atoms with Crippen molar-refractivity contribution >= 4 is 32.3 Å². The molecule has 2 aromatic rings. The maximum Gasteiger partial charge on any atom is 0.152 e. The van der Waals surface area contributed by atoms with Gasteiger partial charge in [0.1, 0.15) is 11.8 Å². The first-order valence-electron chi connectivity index (χ1n) is 8.02. The van der Waals surface area contributed by atoms with Gasteiger partial charge >= 0.3 is 0 Å². The molecule has 1 aromatic carbocycles. The van der Waals surface area contributed by atoms with E-state index in [0.717, 1.165) is 18.4 Å². The number of sulfone groups is 1. The topological polar surface area (TPSA) is 83.3 Å². The van der Waals surface area contributed by atoms with Gasteiger partial charge in [-0.1, -0.05) is 11.6 Å². The highest BCUT2D eigenvalue weighted by Gasteiger charge is 2.20. The first-order chi connectivity index (χ1) is 12.0. The van der Waals surface area contributed by atoms with Gasteiger partial charge in [0.15, 0.2) is 9.84 Å². The Bertz CT molecular complexity index is 911. The van der Waals surface area contributed by atoms with Gasteiger partial charge in [-0.2, -0.15) is 5.26 Å². The van der Waals surface area contributed by atoms with Gasteiger partial charge in [0.05, 0.1) is 34.2 Å². The number of fused-ring (bicyclic) bond motifs is 1. The van der Waals surface area contributed by atoms with Crippen molar-refractivity contribution in [3.8, 4) is 11.8 Å². The monoisotopic (exact) mass is 379 g/mol. The van der Waals surface area contributed by atoms with E-state index in [2.05, 4.69) is 16.0 Å². The van der Waals surface area contributed by atoms with E-state index in [0.29, 0.717) is 41.5 Å². The Balaban J connectivity index is 1.59. The van der Waals surface area contributed by atoms with Crippen LogP contribution < -0.4 is 4.74 Å². The Morgan fingerprint density at radius 3 is 2.80 bits per heavy atom. The van der Waals surface area contributed by atoms with Crippen LogP contribution in [0.5, 0.6) is 5.75 Å². The van der Waals surface area contributed by atoms with Crippen LogP contribution in [-0.2, 0) is 9.84 Å². The standard InChI is InChI=1S/C17H18ClN3O3S/c18-15-2-3-20-16-11-17(13(12-19)10-14(15)16)24-7-1-4-21-5-8-25(22,23)9-6-21/h2-3,10-11H,1,4-9H2. The summed E-state index contributed by atoms with van der Waals surface area (Å²) < 4.78 is 28.6. The van der Waals surface area contributed by atoms with Crippen LogP contribution in [0.1, 0.15) is 12.0 Å². The van der Waals surface area contributed by atoms with Gasteiger partial charge in [-0.3, -0.25) is 4.98 Å². The molecule has 132 valence electrons. The molecule has 1 aliphatic rings. The van der Waals surface area contributed by atoms with Gasteiger partial charge in [-0.25, -0.2) is 8.42 Å². The third kappa shape index (κ3) is 4.40. The van der Waals surface area contributed by atoms with E-state index in [9.17, 15) is 13.7 Å². The lowest BCUT2D eigenvalue weighted by atomic mass is 10.1. The van der Waals surface area contributed by atoms with Crippen molar-refractivity contribution in [3.63, 3.8) is 0 Å². The molecule has 3 rings (SSSR count). The lowest BCUT2D eigenvalue weighted by Crippen LogP contribution is -2.40. The summed E-state index contributed by atoms with van der Waals surface area (Å²) in [5.41, 5.74) is 1.11. The summed E-state index contributed by atoms with van der Waals surface area (Å²) >= 11 is 6.13. The number of aromatic nitrogens is 1. The molecular formula is C17H18ClN3O3S. The molecule has 1 fully saturated rings. The molecule has 0 amide bonds. The predicted octanol–water partition coefficient (Wildman–Crippen LogP) is 2.26. The van der Waals surface area contributed by atoms with Gasteiger partial charge in [0.2, 0.25) is 0 Å². The van der Waals surface area contributed by atoms with Crippen molar-refractivity contribution < 1.29 is 13.2 Å². The second-order valence-electron chi connectivity index (χ2n) is 5.97. The second kappa shape index (κ2) is 7.56. The van der Waals surface area contributed by atoms with Crippen molar-refractivity contribution in [1.29, 1.82) is 5.26 Å². The molecule has 6 nitrogen and oxygen atoms in total. The Hall–Kier alpha value is -1.88. The van der Waals surface area contributed by atoms with Crippen LogP contribution in [-0.4, -0.2) is 56.0 Å². The highest BCUT2D eigenvalue weighted by atomic mass is 35.5. The van der Waals surface area contributed by atoms with Crippen LogP contribution in [0.2, 0.25) is 5.02 Å². The highest BCUT2D eigenvalue weighted by molar-refractivity contribution is 7.91. The number of hydrogen-bond donors (Lipinski definition) is 0. The smallest absolute Gasteiger partial charge is 0.152 e. The Morgan fingerprint density at radius 1 is 1.32 bits per heavy atom. The summed E-state index contributed by atoms with van der Waals surface area (Å²) in [5.74, 6) is 0.943. The number of pyridine rings is 1. The normalized spacial score (nSPS) is 17.3. The zero-order valence-electron chi connectivity index (χ0n) is 13.6. The summed E-state index contributed by atoms with van der Waals surface area (Å²) in [6.07, 6.45) is 2.37. The lowest BCUT2D eigenvalue weighted by Gasteiger charge is -2.26. The SMILES string of the molecule is N#Cc1cc2c(Cl)ccnc2cc1OCCCN1CCS(=O)(=O)CC1. The molecule has 0 atom stereocenters. The minimum atomic E-state index is -2.85. The van der Waals surface area contributed by atoms with E-state index in [1.54, 1.807) is 24.4 Å². The first-order valence-corrected chi connectivity index (χ1v) is 10.2. The molecule has 0 unspecified atom stereocenters. The minimum absolute atomic E-state index is 0.226.